The molecule has 3 atom stereocenters. The van der Waals surface area contributed by atoms with Crippen LogP contribution in [0.4, 0.5) is 0 Å². The number of hydrogen-bond donors (Lipinski definition) is 1. The monoisotopic (exact) mass is 199 g/mol. The van der Waals surface area contributed by atoms with Crippen LogP contribution in [-0.2, 0) is 4.74 Å². The van der Waals surface area contributed by atoms with E-state index in [-0.39, 0.29) is 0 Å². The van der Waals surface area contributed by atoms with E-state index in [0.29, 0.717) is 12.1 Å². The van der Waals surface area contributed by atoms with Crippen LogP contribution in [0.15, 0.2) is 0 Å². The lowest BCUT2D eigenvalue weighted by Gasteiger charge is -2.27. The van der Waals surface area contributed by atoms with Crippen LogP contribution in [0.2, 0.25) is 0 Å². The average molecular weight is 199 g/mol. The standard InChI is InChI=1S/C12H25NO/c1-4-10(2)8-11(3)13-12-6-5-7-14-9-12/h10-13H,4-9H2,1-3H3. The zero-order valence-corrected chi connectivity index (χ0v) is 9.88. The molecule has 1 aliphatic heterocycles. The summed E-state index contributed by atoms with van der Waals surface area (Å²) >= 11 is 0. The van der Waals surface area contributed by atoms with Gasteiger partial charge in [0.2, 0.25) is 0 Å². The van der Waals surface area contributed by atoms with Crippen molar-refractivity contribution in [2.45, 2.75) is 58.5 Å². The van der Waals surface area contributed by atoms with E-state index >= 15 is 0 Å². The largest absolute Gasteiger partial charge is 0.380 e. The van der Waals surface area contributed by atoms with Gasteiger partial charge in [0.1, 0.15) is 0 Å². The van der Waals surface area contributed by atoms with E-state index in [1.165, 1.54) is 25.7 Å². The molecular formula is C12H25NO. The maximum atomic E-state index is 5.45. The second-order valence-corrected chi connectivity index (χ2v) is 4.73. The first-order chi connectivity index (χ1) is 6.72. The van der Waals surface area contributed by atoms with Gasteiger partial charge in [0, 0.05) is 18.7 Å². The lowest BCUT2D eigenvalue weighted by molar-refractivity contribution is 0.0660. The highest BCUT2D eigenvalue weighted by molar-refractivity contribution is 4.74. The summed E-state index contributed by atoms with van der Waals surface area (Å²) in [7, 11) is 0. The zero-order chi connectivity index (χ0) is 10.4. The molecule has 0 aromatic carbocycles. The van der Waals surface area contributed by atoms with Crippen molar-refractivity contribution in [3.63, 3.8) is 0 Å². The summed E-state index contributed by atoms with van der Waals surface area (Å²) in [6.07, 6.45) is 5.07. The molecule has 1 fully saturated rings. The van der Waals surface area contributed by atoms with E-state index in [4.69, 9.17) is 4.74 Å². The van der Waals surface area contributed by atoms with Crippen LogP contribution in [-0.4, -0.2) is 25.3 Å². The summed E-state index contributed by atoms with van der Waals surface area (Å²) in [5.41, 5.74) is 0. The molecule has 2 nitrogen and oxygen atoms in total. The Bertz CT molecular complexity index is 143. The molecule has 0 aromatic rings. The van der Waals surface area contributed by atoms with E-state index in [2.05, 4.69) is 26.1 Å². The van der Waals surface area contributed by atoms with Crippen molar-refractivity contribution in [3.8, 4) is 0 Å². The molecule has 0 saturated carbocycles. The molecule has 3 unspecified atom stereocenters. The van der Waals surface area contributed by atoms with Crippen molar-refractivity contribution in [2.24, 2.45) is 5.92 Å². The maximum absolute atomic E-state index is 5.45. The minimum absolute atomic E-state index is 0.600. The summed E-state index contributed by atoms with van der Waals surface area (Å²) < 4.78 is 5.45. The van der Waals surface area contributed by atoms with E-state index in [1.807, 2.05) is 0 Å². The minimum Gasteiger partial charge on any atom is -0.380 e. The molecule has 1 heterocycles. The number of ether oxygens (including phenoxy) is 1. The smallest absolute Gasteiger partial charge is 0.0619 e. The van der Waals surface area contributed by atoms with Crippen LogP contribution in [0.3, 0.4) is 0 Å². The van der Waals surface area contributed by atoms with Crippen molar-refractivity contribution >= 4 is 0 Å². The first-order valence-corrected chi connectivity index (χ1v) is 6.06. The Morgan fingerprint density at radius 3 is 2.79 bits per heavy atom. The molecule has 1 saturated heterocycles. The molecule has 14 heavy (non-hydrogen) atoms. The van der Waals surface area contributed by atoms with E-state index in [9.17, 15) is 0 Å². The maximum Gasteiger partial charge on any atom is 0.0619 e. The fraction of sp³-hybridized carbons (Fsp3) is 1.00. The Morgan fingerprint density at radius 1 is 1.43 bits per heavy atom. The zero-order valence-electron chi connectivity index (χ0n) is 9.88. The van der Waals surface area contributed by atoms with Gasteiger partial charge in [-0.15, -0.1) is 0 Å². The highest BCUT2D eigenvalue weighted by Gasteiger charge is 2.16. The molecule has 0 bridgehead atoms. The van der Waals surface area contributed by atoms with Crippen molar-refractivity contribution in [3.05, 3.63) is 0 Å². The van der Waals surface area contributed by atoms with Gasteiger partial charge < -0.3 is 10.1 Å². The normalized spacial score (nSPS) is 27.2. The third-order valence-electron chi connectivity index (χ3n) is 3.13. The summed E-state index contributed by atoms with van der Waals surface area (Å²) in [5, 5.41) is 3.66. The van der Waals surface area contributed by atoms with Gasteiger partial charge >= 0.3 is 0 Å². The van der Waals surface area contributed by atoms with E-state index in [1.54, 1.807) is 0 Å². The van der Waals surface area contributed by atoms with Gasteiger partial charge in [0.05, 0.1) is 6.61 Å². The van der Waals surface area contributed by atoms with Gasteiger partial charge in [-0.1, -0.05) is 20.3 Å². The summed E-state index contributed by atoms with van der Waals surface area (Å²) in [6, 6.07) is 1.24. The molecule has 2 heteroatoms. The summed E-state index contributed by atoms with van der Waals surface area (Å²) in [6.45, 7) is 8.75. The lowest BCUT2D eigenvalue weighted by Crippen LogP contribution is -2.42. The first kappa shape index (κ1) is 12.0. The fourth-order valence-electron chi connectivity index (χ4n) is 2.11. The average Bonchev–Trinajstić information content (AvgIpc) is 2.19. The summed E-state index contributed by atoms with van der Waals surface area (Å²) in [4.78, 5) is 0. The Balaban J connectivity index is 2.14. The first-order valence-electron chi connectivity index (χ1n) is 6.06. The molecule has 0 amide bonds. The van der Waals surface area contributed by atoms with Gasteiger partial charge in [0.15, 0.2) is 0 Å². The molecule has 84 valence electrons. The molecular weight excluding hydrogens is 174 g/mol. The van der Waals surface area contributed by atoms with Crippen LogP contribution < -0.4 is 5.32 Å². The minimum atomic E-state index is 0.600. The van der Waals surface area contributed by atoms with Gasteiger partial charge in [-0.2, -0.15) is 0 Å². The predicted octanol–water partition coefficient (Wildman–Crippen LogP) is 2.58. The lowest BCUT2D eigenvalue weighted by atomic mass is 9.99. The highest BCUT2D eigenvalue weighted by atomic mass is 16.5. The van der Waals surface area contributed by atoms with Gasteiger partial charge in [0.25, 0.3) is 0 Å². The van der Waals surface area contributed by atoms with Crippen LogP contribution in [0.25, 0.3) is 0 Å². The molecule has 0 spiro atoms. The molecule has 1 rings (SSSR count). The summed E-state index contributed by atoms with van der Waals surface area (Å²) in [5.74, 6) is 0.835. The predicted molar refractivity (Wildman–Crippen MR) is 60.5 cm³/mol. The van der Waals surface area contributed by atoms with Crippen LogP contribution in [0.5, 0.6) is 0 Å². The number of hydrogen-bond acceptors (Lipinski definition) is 2. The van der Waals surface area contributed by atoms with Gasteiger partial charge in [-0.05, 0) is 32.1 Å². The van der Waals surface area contributed by atoms with Gasteiger partial charge in [-0.25, -0.2) is 0 Å². The van der Waals surface area contributed by atoms with E-state index < -0.39 is 0 Å². The highest BCUT2D eigenvalue weighted by Crippen LogP contribution is 2.12. The Kier molecular flexibility index (Phi) is 5.49. The molecule has 0 radical (unpaired) electrons. The second-order valence-electron chi connectivity index (χ2n) is 4.73. The third-order valence-corrected chi connectivity index (χ3v) is 3.13. The van der Waals surface area contributed by atoms with Crippen molar-refractivity contribution < 1.29 is 4.74 Å². The third kappa shape index (κ3) is 4.43. The molecule has 0 aromatic heterocycles. The van der Waals surface area contributed by atoms with Crippen LogP contribution >= 0.6 is 0 Å². The molecule has 1 N–H and O–H groups in total. The van der Waals surface area contributed by atoms with Crippen molar-refractivity contribution in [1.82, 2.24) is 5.32 Å². The Hall–Kier alpha value is -0.0800. The van der Waals surface area contributed by atoms with Crippen LogP contribution in [0.1, 0.15) is 46.5 Å². The Morgan fingerprint density at radius 2 is 2.21 bits per heavy atom. The topological polar surface area (TPSA) is 21.3 Å². The molecule has 0 aliphatic carbocycles. The number of rotatable bonds is 5. The van der Waals surface area contributed by atoms with Gasteiger partial charge in [-0.3, -0.25) is 0 Å². The van der Waals surface area contributed by atoms with E-state index in [0.717, 1.165) is 19.1 Å². The van der Waals surface area contributed by atoms with Crippen molar-refractivity contribution in [1.29, 1.82) is 0 Å². The van der Waals surface area contributed by atoms with Crippen LogP contribution in [0, 0.1) is 5.92 Å². The second kappa shape index (κ2) is 6.41. The SMILES string of the molecule is CCC(C)CC(C)NC1CCCOC1. The quantitative estimate of drug-likeness (QED) is 0.735. The fourth-order valence-corrected chi connectivity index (χ4v) is 2.11. The number of nitrogens with one attached hydrogen (secondary N) is 1. The molecule has 1 aliphatic rings. The Labute approximate surface area is 88.4 Å². The van der Waals surface area contributed by atoms with Crippen molar-refractivity contribution in [2.75, 3.05) is 13.2 Å².